The lowest BCUT2D eigenvalue weighted by atomic mass is 10.1. The van der Waals surface area contributed by atoms with E-state index in [1.54, 1.807) is 0 Å². The number of carbonyl (C=O) groups is 1. The number of nitrogens with zero attached hydrogens (tertiary/aromatic N) is 2. The van der Waals surface area contributed by atoms with E-state index in [9.17, 15) is 9.90 Å². The van der Waals surface area contributed by atoms with E-state index in [0.29, 0.717) is 12.5 Å². The third-order valence-corrected chi connectivity index (χ3v) is 4.71. The van der Waals surface area contributed by atoms with Crippen molar-refractivity contribution >= 4 is 30.7 Å². The van der Waals surface area contributed by atoms with Crippen LogP contribution in [-0.4, -0.2) is 66.6 Å². The number of halogens is 2. The standard InChI is InChI=1S/C17H25N3O2.2ClH/c21-16(14-4-2-1-3-5-14)13-19-8-10-20(11-9-19)17(22)15-6-7-18-12-15;;/h1-5,15-16,18,21H,6-13H2;2*1H. The number of hydrogen-bond acceptors (Lipinski definition) is 4. The van der Waals surface area contributed by atoms with Crippen molar-refractivity contribution in [3.8, 4) is 0 Å². The van der Waals surface area contributed by atoms with Crippen molar-refractivity contribution in [3.63, 3.8) is 0 Å². The molecule has 2 aliphatic rings. The Hall–Kier alpha value is -0.850. The second-order valence-electron chi connectivity index (χ2n) is 6.24. The summed E-state index contributed by atoms with van der Waals surface area (Å²) in [7, 11) is 0. The van der Waals surface area contributed by atoms with Gasteiger partial charge in [-0.2, -0.15) is 0 Å². The number of carbonyl (C=O) groups excluding carboxylic acids is 1. The third-order valence-electron chi connectivity index (χ3n) is 4.71. The van der Waals surface area contributed by atoms with Gasteiger partial charge in [-0.05, 0) is 18.5 Å². The van der Waals surface area contributed by atoms with Crippen molar-refractivity contribution in [1.29, 1.82) is 0 Å². The minimum absolute atomic E-state index is 0. The van der Waals surface area contributed by atoms with Crippen LogP contribution >= 0.6 is 24.8 Å². The number of benzene rings is 1. The summed E-state index contributed by atoms with van der Waals surface area (Å²) in [6.45, 7) is 5.65. The van der Waals surface area contributed by atoms with E-state index >= 15 is 0 Å². The first-order valence-electron chi connectivity index (χ1n) is 8.19. The lowest BCUT2D eigenvalue weighted by Crippen LogP contribution is -2.51. The largest absolute Gasteiger partial charge is 0.387 e. The molecular weight excluding hydrogens is 349 g/mol. The number of amides is 1. The number of aliphatic hydroxyl groups excluding tert-OH is 1. The summed E-state index contributed by atoms with van der Waals surface area (Å²) in [4.78, 5) is 16.6. The van der Waals surface area contributed by atoms with Crippen LogP contribution in [0.25, 0.3) is 0 Å². The van der Waals surface area contributed by atoms with Gasteiger partial charge in [0.05, 0.1) is 12.0 Å². The molecule has 2 aliphatic heterocycles. The van der Waals surface area contributed by atoms with E-state index in [4.69, 9.17) is 0 Å². The predicted octanol–water partition coefficient (Wildman–Crippen LogP) is 1.32. The first-order chi connectivity index (χ1) is 10.7. The normalized spacial score (nSPS) is 22.4. The quantitative estimate of drug-likeness (QED) is 0.832. The maximum absolute atomic E-state index is 12.4. The minimum atomic E-state index is -0.456. The summed E-state index contributed by atoms with van der Waals surface area (Å²) in [6, 6.07) is 9.77. The van der Waals surface area contributed by atoms with Gasteiger partial charge in [-0.15, -0.1) is 24.8 Å². The zero-order chi connectivity index (χ0) is 15.4. The van der Waals surface area contributed by atoms with E-state index < -0.39 is 6.10 Å². The molecule has 1 aromatic rings. The van der Waals surface area contributed by atoms with E-state index in [2.05, 4.69) is 10.2 Å². The molecule has 0 aromatic heterocycles. The van der Waals surface area contributed by atoms with Crippen molar-refractivity contribution in [1.82, 2.24) is 15.1 Å². The molecule has 2 N–H and O–H groups in total. The number of aliphatic hydroxyl groups is 1. The van der Waals surface area contributed by atoms with E-state index in [1.165, 1.54) is 0 Å². The Balaban J connectivity index is 0.00000144. The second-order valence-corrected chi connectivity index (χ2v) is 6.24. The summed E-state index contributed by atoms with van der Waals surface area (Å²) in [5.74, 6) is 0.467. The number of rotatable bonds is 4. The summed E-state index contributed by atoms with van der Waals surface area (Å²) in [6.07, 6.45) is 0.508. The van der Waals surface area contributed by atoms with E-state index in [-0.39, 0.29) is 30.7 Å². The molecule has 24 heavy (non-hydrogen) atoms. The molecule has 2 unspecified atom stereocenters. The summed E-state index contributed by atoms with van der Waals surface area (Å²) in [5, 5.41) is 13.5. The zero-order valence-corrected chi connectivity index (χ0v) is 15.4. The first-order valence-corrected chi connectivity index (χ1v) is 8.19. The SMILES string of the molecule is Cl.Cl.O=C(C1CCNC1)N1CCN(CC(O)c2ccccc2)CC1. The fraction of sp³-hybridized carbons (Fsp3) is 0.588. The average Bonchev–Trinajstić information content (AvgIpc) is 3.10. The minimum Gasteiger partial charge on any atom is -0.387 e. The van der Waals surface area contributed by atoms with Gasteiger partial charge in [0.15, 0.2) is 0 Å². The smallest absolute Gasteiger partial charge is 0.227 e. The van der Waals surface area contributed by atoms with Gasteiger partial charge in [0.25, 0.3) is 0 Å². The Morgan fingerprint density at radius 2 is 1.83 bits per heavy atom. The molecule has 0 saturated carbocycles. The van der Waals surface area contributed by atoms with Crippen LogP contribution in [0.5, 0.6) is 0 Å². The molecule has 0 spiro atoms. The Morgan fingerprint density at radius 3 is 2.42 bits per heavy atom. The highest BCUT2D eigenvalue weighted by Crippen LogP contribution is 2.17. The molecule has 0 bridgehead atoms. The van der Waals surface area contributed by atoms with Crippen LogP contribution < -0.4 is 5.32 Å². The van der Waals surface area contributed by atoms with Gasteiger partial charge < -0.3 is 15.3 Å². The second kappa shape index (κ2) is 10.2. The van der Waals surface area contributed by atoms with Crippen molar-refractivity contribution in [3.05, 3.63) is 35.9 Å². The van der Waals surface area contributed by atoms with Gasteiger partial charge in [-0.3, -0.25) is 9.69 Å². The van der Waals surface area contributed by atoms with Gasteiger partial charge >= 0.3 is 0 Å². The summed E-state index contributed by atoms with van der Waals surface area (Å²) in [5.41, 5.74) is 0.957. The Labute approximate surface area is 156 Å². The van der Waals surface area contributed by atoms with Crippen molar-refractivity contribution in [2.24, 2.45) is 5.92 Å². The highest BCUT2D eigenvalue weighted by Gasteiger charge is 2.29. The van der Waals surface area contributed by atoms with Crippen LogP contribution in [0.15, 0.2) is 30.3 Å². The summed E-state index contributed by atoms with van der Waals surface area (Å²) >= 11 is 0. The van der Waals surface area contributed by atoms with Crippen LogP contribution in [0.2, 0.25) is 0 Å². The van der Waals surface area contributed by atoms with Crippen LogP contribution in [0.1, 0.15) is 18.1 Å². The molecule has 1 aromatic carbocycles. The highest BCUT2D eigenvalue weighted by molar-refractivity contribution is 5.85. The molecule has 2 saturated heterocycles. The molecule has 5 nitrogen and oxygen atoms in total. The lowest BCUT2D eigenvalue weighted by Gasteiger charge is -2.36. The van der Waals surface area contributed by atoms with Gasteiger partial charge in [0.2, 0.25) is 5.91 Å². The number of nitrogens with one attached hydrogen (secondary N) is 1. The van der Waals surface area contributed by atoms with Crippen LogP contribution in [-0.2, 0) is 4.79 Å². The fourth-order valence-corrected chi connectivity index (χ4v) is 3.30. The fourth-order valence-electron chi connectivity index (χ4n) is 3.30. The molecule has 136 valence electrons. The van der Waals surface area contributed by atoms with Crippen molar-refractivity contribution in [2.45, 2.75) is 12.5 Å². The van der Waals surface area contributed by atoms with Gasteiger partial charge in [0.1, 0.15) is 0 Å². The molecule has 2 atom stereocenters. The molecule has 2 heterocycles. The van der Waals surface area contributed by atoms with Crippen LogP contribution in [0.4, 0.5) is 0 Å². The molecule has 7 heteroatoms. The van der Waals surface area contributed by atoms with Crippen LogP contribution in [0, 0.1) is 5.92 Å². The zero-order valence-electron chi connectivity index (χ0n) is 13.8. The molecule has 3 rings (SSSR count). The van der Waals surface area contributed by atoms with Gasteiger partial charge in [-0.25, -0.2) is 0 Å². The van der Waals surface area contributed by atoms with Crippen LogP contribution in [0.3, 0.4) is 0 Å². The topological polar surface area (TPSA) is 55.8 Å². The first kappa shape index (κ1) is 21.2. The third kappa shape index (κ3) is 5.33. The van der Waals surface area contributed by atoms with E-state index in [0.717, 1.165) is 51.3 Å². The number of piperazine rings is 1. The predicted molar refractivity (Wildman–Crippen MR) is 99.9 cm³/mol. The molecule has 0 aliphatic carbocycles. The summed E-state index contributed by atoms with van der Waals surface area (Å²) < 4.78 is 0. The van der Waals surface area contributed by atoms with Gasteiger partial charge in [0, 0.05) is 39.3 Å². The molecule has 0 radical (unpaired) electrons. The maximum atomic E-state index is 12.4. The van der Waals surface area contributed by atoms with Crippen molar-refractivity contribution < 1.29 is 9.90 Å². The monoisotopic (exact) mass is 375 g/mol. The molecule has 1 amide bonds. The molecule has 2 fully saturated rings. The van der Waals surface area contributed by atoms with Crippen molar-refractivity contribution in [2.75, 3.05) is 45.8 Å². The van der Waals surface area contributed by atoms with E-state index in [1.807, 2.05) is 35.2 Å². The lowest BCUT2D eigenvalue weighted by molar-refractivity contribution is -0.136. The Kier molecular flexibility index (Phi) is 9.02. The van der Waals surface area contributed by atoms with Gasteiger partial charge in [-0.1, -0.05) is 30.3 Å². The number of β-amino-alcohol motifs (C(OH)–C–C–N with tert-alkyl or cyclic N) is 1. The number of hydrogen-bond donors (Lipinski definition) is 2. The highest BCUT2D eigenvalue weighted by atomic mass is 35.5. The Bertz CT molecular complexity index is 490. The maximum Gasteiger partial charge on any atom is 0.227 e. The average molecular weight is 376 g/mol. The Morgan fingerprint density at radius 1 is 1.17 bits per heavy atom. The molecular formula is C17H27Cl2N3O2.